The number of rotatable bonds is 5. The van der Waals surface area contributed by atoms with E-state index in [1.165, 1.54) is 6.21 Å². The Hall–Kier alpha value is -2.12. The van der Waals surface area contributed by atoms with E-state index in [4.69, 9.17) is 0 Å². The molecule has 1 aromatic rings. The Labute approximate surface area is 107 Å². The molecule has 1 heterocycles. The normalized spacial score (nSPS) is 11.6. The maximum absolute atomic E-state index is 12.6. The standard InChI is InChI=1S/C11H12F3N3O2/c1-2-19-17-6-5-16-10(18)8-7-15-4-3-9(8)11(12,13)14/h3-4,6-7H,2,5H2,1H3,(H,16,18). The Balaban J connectivity index is 2.72. The van der Waals surface area contributed by atoms with Gasteiger partial charge < -0.3 is 10.2 Å². The highest BCUT2D eigenvalue weighted by molar-refractivity contribution is 5.96. The Morgan fingerprint density at radius 3 is 2.95 bits per heavy atom. The van der Waals surface area contributed by atoms with Gasteiger partial charge in [-0.1, -0.05) is 5.16 Å². The minimum atomic E-state index is -4.60. The molecule has 1 N–H and O–H groups in total. The second-order valence-corrected chi connectivity index (χ2v) is 3.33. The molecule has 1 aromatic heterocycles. The minimum absolute atomic E-state index is 0.0367. The van der Waals surface area contributed by atoms with Gasteiger partial charge >= 0.3 is 6.18 Å². The van der Waals surface area contributed by atoms with Gasteiger partial charge in [0.15, 0.2) is 0 Å². The van der Waals surface area contributed by atoms with E-state index >= 15 is 0 Å². The maximum Gasteiger partial charge on any atom is 0.417 e. The SMILES string of the molecule is CCON=CCNC(=O)c1cnccc1C(F)(F)F. The summed E-state index contributed by atoms with van der Waals surface area (Å²) in [6.07, 6.45) is -1.51. The number of amides is 1. The van der Waals surface area contributed by atoms with Crippen LogP contribution in [0.15, 0.2) is 23.6 Å². The highest BCUT2D eigenvalue weighted by atomic mass is 19.4. The van der Waals surface area contributed by atoms with Crippen LogP contribution in [-0.2, 0) is 11.0 Å². The fraction of sp³-hybridized carbons (Fsp3) is 0.364. The molecule has 19 heavy (non-hydrogen) atoms. The number of carbonyl (C=O) groups is 1. The smallest absolute Gasteiger partial charge is 0.396 e. The monoisotopic (exact) mass is 275 g/mol. The topological polar surface area (TPSA) is 63.6 Å². The van der Waals surface area contributed by atoms with Crippen LogP contribution >= 0.6 is 0 Å². The molecule has 104 valence electrons. The van der Waals surface area contributed by atoms with E-state index in [2.05, 4.69) is 20.3 Å². The van der Waals surface area contributed by atoms with Crippen LogP contribution in [0, 0.1) is 0 Å². The fourth-order valence-corrected chi connectivity index (χ4v) is 1.22. The van der Waals surface area contributed by atoms with Crippen molar-refractivity contribution in [2.45, 2.75) is 13.1 Å². The zero-order valence-corrected chi connectivity index (χ0v) is 10.1. The predicted molar refractivity (Wildman–Crippen MR) is 61.7 cm³/mol. The molecule has 0 radical (unpaired) electrons. The second kappa shape index (κ2) is 6.72. The third-order valence-electron chi connectivity index (χ3n) is 2.00. The van der Waals surface area contributed by atoms with Gasteiger partial charge in [-0.2, -0.15) is 13.2 Å². The van der Waals surface area contributed by atoms with Crippen LogP contribution in [0.2, 0.25) is 0 Å². The molecule has 0 bridgehead atoms. The van der Waals surface area contributed by atoms with Crippen molar-refractivity contribution in [3.63, 3.8) is 0 Å². The molecule has 1 rings (SSSR count). The lowest BCUT2D eigenvalue weighted by atomic mass is 10.1. The van der Waals surface area contributed by atoms with Crippen LogP contribution < -0.4 is 5.32 Å². The average molecular weight is 275 g/mol. The number of pyridine rings is 1. The van der Waals surface area contributed by atoms with Crippen LogP contribution in [0.3, 0.4) is 0 Å². The van der Waals surface area contributed by atoms with Crippen LogP contribution in [0.4, 0.5) is 13.2 Å². The summed E-state index contributed by atoms with van der Waals surface area (Å²) in [5.74, 6) is -0.872. The summed E-state index contributed by atoms with van der Waals surface area (Å²) in [6.45, 7) is 2.05. The number of hydrogen-bond donors (Lipinski definition) is 1. The van der Waals surface area contributed by atoms with Crippen molar-refractivity contribution in [3.8, 4) is 0 Å². The third-order valence-corrected chi connectivity index (χ3v) is 2.00. The first-order valence-corrected chi connectivity index (χ1v) is 5.40. The van der Waals surface area contributed by atoms with Crippen LogP contribution in [0.25, 0.3) is 0 Å². The summed E-state index contributed by atoms with van der Waals surface area (Å²) in [5.41, 5.74) is -1.55. The largest absolute Gasteiger partial charge is 0.417 e. The summed E-state index contributed by atoms with van der Waals surface area (Å²) in [7, 11) is 0. The number of alkyl halides is 3. The molecule has 0 saturated heterocycles. The Kier molecular flexibility index (Phi) is 5.28. The lowest BCUT2D eigenvalue weighted by Crippen LogP contribution is -2.28. The van der Waals surface area contributed by atoms with Gasteiger partial charge in [-0.25, -0.2) is 0 Å². The maximum atomic E-state index is 12.6. The molecule has 5 nitrogen and oxygen atoms in total. The number of nitrogens with zero attached hydrogens (tertiary/aromatic N) is 2. The van der Waals surface area contributed by atoms with Crippen molar-refractivity contribution < 1.29 is 22.8 Å². The van der Waals surface area contributed by atoms with Gasteiger partial charge in [0, 0.05) is 12.4 Å². The van der Waals surface area contributed by atoms with Crippen LogP contribution in [0.1, 0.15) is 22.8 Å². The second-order valence-electron chi connectivity index (χ2n) is 3.33. The van der Waals surface area contributed by atoms with E-state index in [1.54, 1.807) is 6.92 Å². The molecule has 0 saturated carbocycles. The molecular weight excluding hydrogens is 263 g/mol. The first-order valence-electron chi connectivity index (χ1n) is 5.40. The fourth-order valence-electron chi connectivity index (χ4n) is 1.22. The molecule has 0 unspecified atom stereocenters. The van der Waals surface area contributed by atoms with E-state index < -0.39 is 23.2 Å². The minimum Gasteiger partial charge on any atom is -0.396 e. The van der Waals surface area contributed by atoms with Gasteiger partial charge in [0.05, 0.1) is 23.9 Å². The van der Waals surface area contributed by atoms with Crippen molar-refractivity contribution >= 4 is 12.1 Å². The number of halogens is 3. The molecule has 0 aliphatic rings. The Bertz CT molecular complexity index is 461. The predicted octanol–water partition coefficient (Wildman–Crippen LogP) is 1.85. The van der Waals surface area contributed by atoms with Gasteiger partial charge in [0.25, 0.3) is 5.91 Å². The highest BCUT2D eigenvalue weighted by Gasteiger charge is 2.35. The molecule has 0 aromatic carbocycles. The van der Waals surface area contributed by atoms with Gasteiger partial charge in [-0.05, 0) is 13.0 Å². The summed E-state index contributed by atoms with van der Waals surface area (Å²) in [4.78, 5) is 19.7. The first-order chi connectivity index (χ1) is 8.96. The molecule has 8 heteroatoms. The van der Waals surface area contributed by atoms with Crippen LogP contribution in [-0.4, -0.2) is 30.3 Å². The van der Waals surface area contributed by atoms with Crippen molar-refractivity contribution in [2.75, 3.05) is 13.2 Å². The molecule has 1 amide bonds. The highest BCUT2D eigenvalue weighted by Crippen LogP contribution is 2.31. The lowest BCUT2D eigenvalue weighted by molar-refractivity contribution is -0.138. The Morgan fingerprint density at radius 2 is 2.32 bits per heavy atom. The van der Waals surface area contributed by atoms with Crippen molar-refractivity contribution in [3.05, 3.63) is 29.6 Å². The molecule has 0 spiro atoms. The number of carbonyl (C=O) groups excluding carboxylic acids is 1. The molecular formula is C11H12F3N3O2. The van der Waals surface area contributed by atoms with Crippen molar-refractivity contribution in [2.24, 2.45) is 5.16 Å². The lowest BCUT2D eigenvalue weighted by Gasteiger charge is -2.11. The van der Waals surface area contributed by atoms with Gasteiger partial charge in [-0.15, -0.1) is 0 Å². The van der Waals surface area contributed by atoms with E-state index in [1.807, 2.05) is 0 Å². The zero-order chi connectivity index (χ0) is 14.3. The molecule has 0 aliphatic heterocycles. The molecule has 0 aliphatic carbocycles. The quantitative estimate of drug-likeness (QED) is 0.659. The summed E-state index contributed by atoms with van der Waals surface area (Å²) in [6, 6.07) is 0.753. The number of oxime groups is 1. The van der Waals surface area contributed by atoms with E-state index in [-0.39, 0.29) is 6.54 Å². The molecule has 0 fully saturated rings. The average Bonchev–Trinajstić information content (AvgIpc) is 2.37. The van der Waals surface area contributed by atoms with Gasteiger partial charge in [-0.3, -0.25) is 9.78 Å². The summed E-state index contributed by atoms with van der Waals surface area (Å²) < 4.78 is 37.9. The third kappa shape index (κ3) is 4.57. The Morgan fingerprint density at radius 1 is 1.58 bits per heavy atom. The number of aromatic nitrogens is 1. The summed E-state index contributed by atoms with van der Waals surface area (Å²) >= 11 is 0. The van der Waals surface area contributed by atoms with Gasteiger partial charge in [0.1, 0.15) is 6.61 Å². The molecule has 0 atom stereocenters. The van der Waals surface area contributed by atoms with E-state index in [0.717, 1.165) is 18.5 Å². The van der Waals surface area contributed by atoms with Crippen molar-refractivity contribution in [1.29, 1.82) is 0 Å². The first kappa shape index (κ1) is 14.9. The van der Waals surface area contributed by atoms with E-state index in [9.17, 15) is 18.0 Å². The van der Waals surface area contributed by atoms with Crippen LogP contribution in [0.5, 0.6) is 0 Å². The summed E-state index contributed by atoms with van der Waals surface area (Å²) in [5, 5.41) is 5.71. The number of nitrogens with one attached hydrogen (secondary N) is 1. The van der Waals surface area contributed by atoms with E-state index in [0.29, 0.717) is 6.61 Å². The van der Waals surface area contributed by atoms with Gasteiger partial charge in [0.2, 0.25) is 0 Å². The zero-order valence-electron chi connectivity index (χ0n) is 10.1. The number of hydrogen-bond acceptors (Lipinski definition) is 4. The van der Waals surface area contributed by atoms with Crippen molar-refractivity contribution in [1.82, 2.24) is 10.3 Å².